The molecule has 1 aromatic rings. The fourth-order valence-corrected chi connectivity index (χ4v) is 3.50. The van der Waals surface area contributed by atoms with E-state index in [4.69, 9.17) is 4.74 Å². The molecule has 154 valence electrons. The molecule has 1 N–H and O–H groups in total. The van der Waals surface area contributed by atoms with Gasteiger partial charge in [0, 0.05) is 6.04 Å². The Morgan fingerprint density at radius 2 is 1.59 bits per heavy atom. The zero-order valence-corrected chi connectivity index (χ0v) is 18.8. The number of ether oxygens (including phenoxy) is 1. The third-order valence-corrected chi connectivity index (χ3v) is 5.83. The molecule has 0 fully saturated rings. The van der Waals surface area contributed by atoms with Crippen molar-refractivity contribution < 1.29 is 13.7 Å². The summed E-state index contributed by atoms with van der Waals surface area (Å²) in [4.78, 5) is 12.0. The van der Waals surface area contributed by atoms with Crippen molar-refractivity contribution in [2.24, 2.45) is 5.92 Å². The van der Waals surface area contributed by atoms with Crippen LogP contribution < -0.4 is 4.72 Å². The Kier molecular flexibility index (Phi) is 9.68. The van der Waals surface area contributed by atoms with E-state index in [0.29, 0.717) is 11.5 Å². The predicted octanol–water partition coefficient (Wildman–Crippen LogP) is 5.56. The lowest BCUT2D eigenvalue weighted by atomic mass is 9.98. The molecule has 0 amide bonds. The van der Waals surface area contributed by atoms with Gasteiger partial charge in [-0.15, -0.1) is 0 Å². The van der Waals surface area contributed by atoms with Crippen molar-refractivity contribution in [3.8, 4) is 0 Å². The van der Waals surface area contributed by atoms with Crippen LogP contribution in [0.1, 0.15) is 96.1 Å². The van der Waals surface area contributed by atoms with E-state index >= 15 is 0 Å². The minimum absolute atomic E-state index is 0.00684. The maximum atomic E-state index is 12.6. The standard InChI is InChI=1S/C22H37NO3S/c1-16(2)10-8-9-11-20(23-27(25)22(5,6)7)18-12-14-19(15-13-18)21(24)26-17(3)4/h12-17,20,23H,8-11H2,1-7H3. The number of unbranched alkanes of at least 4 members (excludes halogenated alkanes) is 1. The maximum Gasteiger partial charge on any atom is 0.338 e. The van der Waals surface area contributed by atoms with E-state index in [9.17, 15) is 9.00 Å². The van der Waals surface area contributed by atoms with Gasteiger partial charge in [-0.05, 0) is 64.7 Å². The first-order chi connectivity index (χ1) is 12.5. The molecule has 0 saturated heterocycles. The molecule has 0 radical (unpaired) electrons. The lowest BCUT2D eigenvalue weighted by Crippen LogP contribution is -2.35. The van der Waals surface area contributed by atoms with Crippen molar-refractivity contribution in [2.75, 3.05) is 0 Å². The summed E-state index contributed by atoms with van der Waals surface area (Å²) in [5.74, 6) is 0.391. The summed E-state index contributed by atoms with van der Waals surface area (Å²) < 4.78 is 20.8. The monoisotopic (exact) mass is 395 g/mol. The lowest BCUT2D eigenvalue weighted by Gasteiger charge is -2.25. The number of nitrogens with one attached hydrogen (secondary N) is 1. The number of carbonyl (C=O) groups excluding carboxylic acids is 1. The van der Waals surface area contributed by atoms with Crippen LogP contribution in [0.4, 0.5) is 0 Å². The number of hydrogen-bond acceptors (Lipinski definition) is 3. The van der Waals surface area contributed by atoms with E-state index in [1.165, 1.54) is 6.42 Å². The van der Waals surface area contributed by atoms with E-state index in [1.807, 2.05) is 46.8 Å². The zero-order valence-electron chi connectivity index (χ0n) is 18.0. The van der Waals surface area contributed by atoms with Crippen molar-refractivity contribution in [1.82, 2.24) is 4.72 Å². The van der Waals surface area contributed by atoms with Crippen LogP contribution in [0.15, 0.2) is 24.3 Å². The van der Waals surface area contributed by atoms with Crippen LogP contribution in [0.5, 0.6) is 0 Å². The van der Waals surface area contributed by atoms with Gasteiger partial charge in [-0.1, -0.05) is 45.2 Å². The average molecular weight is 396 g/mol. The highest BCUT2D eigenvalue weighted by Gasteiger charge is 2.23. The molecule has 0 heterocycles. The van der Waals surface area contributed by atoms with Gasteiger partial charge in [0.1, 0.15) is 0 Å². The zero-order chi connectivity index (χ0) is 20.6. The van der Waals surface area contributed by atoms with Gasteiger partial charge in [0.15, 0.2) is 0 Å². The molecule has 1 aromatic carbocycles. The molecule has 4 nitrogen and oxygen atoms in total. The first-order valence-electron chi connectivity index (χ1n) is 9.99. The van der Waals surface area contributed by atoms with Crippen LogP contribution in [-0.2, 0) is 15.7 Å². The van der Waals surface area contributed by atoms with Crippen molar-refractivity contribution in [3.63, 3.8) is 0 Å². The average Bonchev–Trinajstić information content (AvgIpc) is 2.55. The number of hydrogen-bond donors (Lipinski definition) is 1. The van der Waals surface area contributed by atoms with E-state index in [1.54, 1.807) is 12.1 Å². The van der Waals surface area contributed by atoms with Gasteiger partial charge in [-0.25, -0.2) is 13.7 Å². The van der Waals surface area contributed by atoms with Gasteiger partial charge < -0.3 is 4.74 Å². The summed E-state index contributed by atoms with van der Waals surface area (Å²) in [6, 6.07) is 7.48. The van der Waals surface area contributed by atoms with E-state index in [2.05, 4.69) is 18.6 Å². The fraction of sp³-hybridized carbons (Fsp3) is 0.682. The molecule has 0 aliphatic heterocycles. The SMILES string of the molecule is CC(C)CCCCC(NS(=O)C(C)(C)C)c1ccc(C(=O)OC(C)C)cc1. The topological polar surface area (TPSA) is 55.4 Å². The molecule has 2 atom stereocenters. The summed E-state index contributed by atoms with van der Waals surface area (Å²) >= 11 is 0. The van der Waals surface area contributed by atoms with Gasteiger partial charge in [0.2, 0.25) is 0 Å². The maximum absolute atomic E-state index is 12.6. The Labute approximate surface area is 168 Å². The second-order valence-electron chi connectivity index (χ2n) is 8.81. The van der Waals surface area contributed by atoms with Crippen LogP contribution in [0.25, 0.3) is 0 Å². The molecule has 0 aliphatic rings. The molecule has 27 heavy (non-hydrogen) atoms. The van der Waals surface area contributed by atoms with Crippen molar-refractivity contribution >= 4 is 17.0 Å². The molecule has 0 aromatic heterocycles. The fourth-order valence-electron chi connectivity index (χ4n) is 2.63. The minimum Gasteiger partial charge on any atom is -0.459 e. The molecule has 0 bridgehead atoms. The first-order valence-corrected chi connectivity index (χ1v) is 11.1. The third kappa shape index (κ3) is 9.02. The number of benzene rings is 1. The van der Waals surface area contributed by atoms with Gasteiger partial charge in [-0.3, -0.25) is 0 Å². The largest absolute Gasteiger partial charge is 0.459 e. The van der Waals surface area contributed by atoms with Crippen LogP contribution in [0, 0.1) is 5.92 Å². The Morgan fingerprint density at radius 3 is 2.07 bits per heavy atom. The molecule has 0 saturated carbocycles. The quantitative estimate of drug-likeness (QED) is 0.417. The van der Waals surface area contributed by atoms with E-state index in [0.717, 1.165) is 24.8 Å². The van der Waals surface area contributed by atoms with Crippen LogP contribution in [0.3, 0.4) is 0 Å². The second-order valence-corrected chi connectivity index (χ2v) is 10.8. The van der Waals surface area contributed by atoms with Crippen molar-refractivity contribution in [2.45, 2.75) is 91.0 Å². The third-order valence-electron chi connectivity index (χ3n) is 4.22. The Bertz CT molecular complexity index is 603. The van der Waals surface area contributed by atoms with Crippen molar-refractivity contribution in [1.29, 1.82) is 0 Å². The second kappa shape index (κ2) is 11.0. The highest BCUT2D eigenvalue weighted by Crippen LogP contribution is 2.24. The van der Waals surface area contributed by atoms with Gasteiger partial charge in [0.05, 0.1) is 27.4 Å². The Morgan fingerprint density at radius 1 is 1.04 bits per heavy atom. The Hall–Kier alpha value is -1.20. The van der Waals surface area contributed by atoms with Gasteiger partial charge in [-0.2, -0.15) is 0 Å². The molecule has 2 unspecified atom stereocenters. The van der Waals surface area contributed by atoms with Crippen LogP contribution in [0.2, 0.25) is 0 Å². The summed E-state index contributed by atoms with van der Waals surface area (Å²) in [7, 11) is -1.15. The van der Waals surface area contributed by atoms with Gasteiger partial charge >= 0.3 is 5.97 Å². The molecule has 5 heteroatoms. The Balaban J connectivity index is 2.87. The minimum atomic E-state index is -1.15. The highest BCUT2D eigenvalue weighted by molar-refractivity contribution is 7.84. The van der Waals surface area contributed by atoms with Crippen molar-refractivity contribution in [3.05, 3.63) is 35.4 Å². The summed E-state index contributed by atoms with van der Waals surface area (Å²) in [5, 5.41) is 0. The highest BCUT2D eigenvalue weighted by atomic mass is 32.2. The van der Waals surface area contributed by atoms with E-state index < -0.39 is 11.0 Å². The number of carbonyl (C=O) groups is 1. The number of esters is 1. The predicted molar refractivity (Wildman–Crippen MR) is 114 cm³/mol. The molecule has 0 spiro atoms. The number of rotatable bonds is 10. The summed E-state index contributed by atoms with van der Waals surface area (Å²) in [6.45, 7) is 14.1. The molecular weight excluding hydrogens is 358 g/mol. The molecular formula is C22H37NO3S. The van der Waals surface area contributed by atoms with E-state index in [-0.39, 0.29) is 22.9 Å². The molecule has 1 rings (SSSR count). The van der Waals surface area contributed by atoms with Gasteiger partial charge in [0.25, 0.3) is 0 Å². The lowest BCUT2D eigenvalue weighted by molar-refractivity contribution is 0.0378. The molecule has 0 aliphatic carbocycles. The van der Waals surface area contributed by atoms with Crippen LogP contribution >= 0.6 is 0 Å². The smallest absolute Gasteiger partial charge is 0.338 e. The van der Waals surface area contributed by atoms with Crippen LogP contribution in [-0.4, -0.2) is 21.0 Å². The first kappa shape index (κ1) is 23.8. The normalized spacial score (nSPS) is 14.4. The summed E-state index contributed by atoms with van der Waals surface area (Å²) in [5.41, 5.74) is 1.60. The summed E-state index contributed by atoms with van der Waals surface area (Å²) in [6.07, 6.45) is 4.23.